The standard InChI is InChI=1S/C8H12N2O2S/c11-7-5-13-8(12)10(7)6-9-3-1-2-4-9/h1-6H2. The molecule has 0 spiro atoms. The molecule has 0 aromatic rings. The minimum absolute atomic E-state index is 0.0399. The van der Waals surface area contributed by atoms with Gasteiger partial charge < -0.3 is 0 Å². The highest BCUT2D eigenvalue weighted by Gasteiger charge is 2.31. The molecule has 0 aromatic carbocycles. The summed E-state index contributed by atoms with van der Waals surface area (Å²) in [5.41, 5.74) is 0. The number of rotatable bonds is 2. The predicted molar refractivity (Wildman–Crippen MR) is 50.4 cm³/mol. The maximum atomic E-state index is 11.2. The van der Waals surface area contributed by atoms with Crippen LogP contribution in [0.1, 0.15) is 12.8 Å². The molecule has 2 aliphatic rings. The Labute approximate surface area is 81.2 Å². The lowest BCUT2D eigenvalue weighted by Crippen LogP contribution is -2.39. The Morgan fingerprint density at radius 2 is 1.92 bits per heavy atom. The van der Waals surface area contributed by atoms with Crippen LogP contribution in [-0.4, -0.2) is 46.5 Å². The van der Waals surface area contributed by atoms with Gasteiger partial charge in [0.1, 0.15) is 0 Å². The molecule has 5 heteroatoms. The second-order valence-electron chi connectivity index (χ2n) is 3.34. The minimum atomic E-state index is -0.0862. The summed E-state index contributed by atoms with van der Waals surface area (Å²) >= 11 is 1.11. The molecule has 2 rings (SSSR count). The number of imide groups is 1. The van der Waals surface area contributed by atoms with Crippen molar-refractivity contribution in [3.05, 3.63) is 0 Å². The van der Waals surface area contributed by atoms with Gasteiger partial charge in [-0.1, -0.05) is 11.8 Å². The number of likely N-dealkylation sites (tertiary alicyclic amines) is 1. The molecule has 13 heavy (non-hydrogen) atoms. The molecule has 0 aliphatic carbocycles. The third-order valence-corrected chi connectivity index (χ3v) is 3.24. The summed E-state index contributed by atoms with van der Waals surface area (Å²) in [6, 6.07) is 0. The fourth-order valence-electron chi connectivity index (χ4n) is 1.64. The van der Waals surface area contributed by atoms with Gasteiger partial charge in [-0.15, -0.1) is 0 Å². The SMILES string of the molecule is O=C1CSC(=O)N1CN1CCCC1. The molecule has 2 saturated heterocycles. The average Bonchev–Trinajstić information content (AvgIpc) is 2.70. The Hall–Kier alpha value is -0.550. The number of carbonyl (C=O) groups is 2. The lowest BCUT2D eigenvalue weighted by atomic mass is 10.4. The first-order valence-electron chi connectivity index (χ1n) is 4.47. The molecule has 0 atom stereocenters. The molecule has 0 radical (unpaired) electrons. The summed E-state index contributed by atoms with van der Waals surface area (Å²) in [5, 5.41) is -0.0862. The van der Waals surface area contributed by atoms with Gasteiger partial charge in [0.15, 0.2) is 0 Å². The van der Waals surface area contributed by atoms with E-state index in [0.29, 0.717) is 12.4 Å². The normalized spacial score (nSPS) is 24.8. The van der Waals surface area contributed by atoms with Crippen LogP contribution in [0.5, 0.6) is 0 Å². The molecule has 4 nitrogen and oxygen atoms in total. The van der Waals surface area contributed by atoms with Gasteiger partial charge in [0.25, 0.3) is 5.24 Å². The van der Waals surface area contributed by atoms with Crippen molar-refractivity contribution >= 4 is 22.9 Å². The Morgan fingerprint density at radius 1 is 1.23 bits per heavy atom. The quantitative estimate of drug-likeness (QED) is 0.659. The Morgan fingerprint density at radius 3 is 2.46 bits per heavy atom. The van der Waals surface area contributed by atoms with Crippen molar-refractivity contribution in [3.8, 4) is 0 Å². The van der Waals surface area contributed by atoms with Crippen LogP contribution in [0.2, 0.25) is 0 Å². The summed E-state index contributed by atoms with van der Waals surface area (Å²) in [7, 11) is 0. The van der Waals surface area contributed by atoms with Crippen LogP contribution in [0.25, 0.3) is 0 Å². The van der Waals surface area contributed by atoms with Gasteiger partial charge in [0, 0.05) is 0 Å². The first-order chi connectivity index (χ1) is 6.27. The zero-order valence-electron chi connectivity index (χ0n) is 7.36. The van der Waals surface area contributed by atoms with E-state index in [2.05, 4.69) is 4.90 Å². The summed E-state index contributed by atoms with van der Waals surface area (Å²) in [6.45, 7) is 2.54. The second-order valence-corrected chi connectivity index (χ2v) is 4.27. The van der Waals surface area contributed by atoms with Crippen LogP contribution in [0.15, 0.2) is 0 Å². The summed E-state index contributed by atoms with van der Waals surface area (Å²) in [4.78, 5) is 26.0. The van der Waals surface area contributed by atoms with Gasteiger partial charge in [-0.3, -0.25) is 19.4 Å². The van der Waals surface area contributed by atoms with Gasteiger partial charge in [0.05, 0.1) is 12.4 Å². The summed E-state index contributed by atoms with van der Waals surface area (Å²) < 4.78 is 0. The highest BCUT2D eigenvalue weighted by Crippen LogP contribution is 2.20. The first kappa shape index (κ1) is 9.02. The van der Waals surface area contributed by atoms with E-state index in [0.717, 1.165) is 24.9 Å². The smallest absolute Gasteiger partial charge is 0.286 e. The van der Waals surface area contributed by atoms with Crippen molar-refractivity contribution in [1.82, 2.24) is 9.80 Å². The van der Waals surface area contributed by atoms with E-state index in [9.17, 15) is 9.59 Å². The number of nitrogens with zero attached hydrogens (tertiary/aromatic N) is 2. The fraction of sp³-hybridized carbons (Fsp3) is 0.750. The van der Waals surface area contributed by atoms with E-state index in [1.54, 1.807) is 0 Å². The van der Waals surface area contributed by atoms with Gasteiger partial charge in [-0.2, -0.15) is 0 Å². The molecule has 2 aliphatic heterocycles. The average molecular weight is 200 g/mol. The zero-order chi connectivity index (χ0) is 9.26. The van der Waals surface area contributed by atoms with Gasteiger partial charge >= 0.3 is 0 Å². The van der Waals surface area contributed by atoms with E-state index in [-0.39, 0.29) is 11.1 Å². The van der Waals surface area contributed by atoms with Gasteiger partial charge in [-0.25, -0.2) is 0 Å². The zero-order valence-corrected chi connectivity index (χ0v) is 8.18. The highest BCUT2D eigenvalue weighted by atomic mass is 32.2. The molecule has 0 unspecified atom stereocenters. The number of hydrogen-bond acceptors (Lipinski definition) is 4. The number of hydrogen-bond donors (Lipinski definition) is 0. The molecule has 0 bridgehead atoms. The summed E-state index contributed by atoms with van der Waals surface area (Å²) in [5.74, 6) is 0.286. The van der Waals surface area contributed by atoms with E-state index in [1.807, 2.05) is 0 Å². The van der Waals surface area contributed by atoms with Crippen LogP contribution in [-0.2, 0) is 4.79 Å². The largest absolute Gasteiger partial charge is 0.289 e. The van der Waals surface area contributed by atoms with Crippen molar-refractivity contribution < 1.29 is 9.59 Å². The fourth-order valence-corrected chi connectivity index (χ4v) is 2.36. The highest BCUT2D eigenvalue weighted by molar-refractivity contribution is 8.14. The topological polar surface area (TPSA) is 40.6 Å². The number of carbonyl (C=O) groups excluding carboxylic acids is 2. The van der Waals surface area contributed by atoms with Crippen LogP contribution in [0, 0.1) is 0 Å². The maximum absolute atomic E-state index is 11.2. The monoisotopic (exact) mass is 200 g/mol. The molecule has 2 heterocycles. The van der Waals surface area contributed by atoms with Crippen molar-refractivity contribution in [2.45, 2.75) is 12.8 Å². The lowest BCUT2D eigenvalue weighted by Gasteiger charge is -2.20. The summed E-state index contributed by atoms with van der Waals surface area (Å²) in [6.07, 6.45) is 2.37. The number of thioether (sulfide) groups is 1. The minimum Gasteiger partial charge on any atom is -0.286 e. The van der Waals surface area contributed by atoms with E-state index in [4.69, 9.17) is 0 Å². The number of amides is 2. The van der Waals surface area contributed by atoms with E-state index >= 15 is 0 Å². The maximum Gasteiger partial charge on any atom is 0.289 e. The third-order valence-electron chi connectivity index (χ3n) is 2.38. The van der Waals surface area contributed by atoms with Crippen molar-refractivity contribution in [1.29, 1.82) is 0 Å². The first-order valence-corrected chi connectivity index (χ1v) is 5.45. The molecule has 0 saturated carbocycles. The van der Waals surface area contributed by atoms with Gasteiger partial charge in [0.2, 0.25) is 5.91 Å². The Bertz CT molecular complexity index is 222. The molecular formula is C8H12N2O2S. The Balaban J connectivity index is 1.92. The van der Waals surface area contributed by atoms with Gasteiger partial charge in [-0.05, 0) is 25.9 Å². The van der Waals surface area contributed by atoms with E-state index in [1.165, 1.54) is 17.7 Å². The predicted octanol–water partition coefficient (Wildman–Crippen LogP) is 0.735. The molecule has 2 fully saturated rings. The molecule has 2 amide bonds. The van der Waals surface area contributed by atoms with Crippen molar-refractivity contribution in [2.24, 2.45) is 0 Å². The van der Waals surface area contributed by atoms with Crippen LogP contribution in [0.4, 0.5) is 4.79 Å². The van der Waals surface area contributed by atoms with Crippen LogP contribution >= 0.6 is 11.8 Å². The van der Waals surface area contributed by atoms with Crippen molar-refractivity contribution in [3.63, 3.8) is 0 Å². The molecule has 0 N–H and O–H groups in total. The lowest BCUT2D eigenvalue weighted by molar-refractivity contribution is -0.125. The second kappa shape index (κ2) is 3.67. The molecular weight excluding hydrogens is 188 g/mol. The third kappa shape index (κ3) is 1.86. The molecule has 0 aromatic heterocycles. The van der Waals surface area contributed by atoms with E-state index < -0.39 is 0 Å². The van der Waals surface area contributed by atoms with Crippen LogP contribution < -0.4 is 0 Å². The van der Waals surface area contributed by atoms with Crippen LogP contribution in [0.3, 0.4) is 0 Å². The Kier molecular flexibility index (Phi) is 2.55. The molecule has 72 valence electrons. The van der Waals surface area contributed by atoms with Crippen molar-refractivity contribution in [2.75, 3.05) is 25.5 Å².